The van der Waals surface area contributed by atoms with Crippen LogP contribution in [0.2, 0.25) is 0 Å². The first-order valence-corrected chi connectivity index (χ1v) is 29.6. The lowest BCUT2D eigenvalue weighted by atomic mass is 10.0. The Kier molecular flexibility index (Phi) is 14.2. The molecule has 4 aliphatic heterocycles. The van der Waals surface area contributed by atoms with Gasteiger partial charge in [0.2, 0.25) is 11.9 Å². The fourth-order valence-corrected chi connectivity index (χ4v) is 15.5. The van der Waals surface area contributed by atoms with E-state index < -0.39 is 85.1 Å². The second-order valence-electron chi connectivity index (χ2n) is 20.4. The standard InChI is InChI=1S/C49H55F7N12O5P2/c1-74(2,71)42-31-9-7-29-33(19-60-40(29)42)38-36(49(54,55)56)22-63-47(67-38)65-28-15-24(37(17-28)57-12-4-14-73-68-45(31)70)23-75(3,72)43-32-10-8-30-34(20-61-41(30)43)39-35(48(51,52)53)21-62-46(66-39)64-27-6-5-26(16-27)59-18-25(50)11-13-58-44(32)69/h7-10,19-22,24-28,37,57,59-61H,4-6,11-18,23H2,1-3H3,(H,58,69)(H,68,70)(H,62,64,66)(H,63,65,67)/t24?,25?,26-,27-,28-,37+,75?/m0/s1. The molecule has 7 atom stereocenters. The van der Waals surface area contributed by atoms with Crippen LogP contribution in [0, 0.1) is 5.92 Å². The van der Waals surface area contributed by atoms with Gasteiger partial charge in [0.05, 0.1) is 40.2 Å². The summed E-state index contributed by atoms with van der Waals surface area (Å²) in [6, 6.07) is 4.51. The molecule has 26 heteroatoms. The lowest BCUT2D eigenvalue weighted by molar-refractivity contribution is -0.138. The van der Waals surface area contributed by atoms with Gasteiger partial charge < -0.3 is 45.7 Å². The van der Waals surface area contributed by atoms with E-state index in [0.717, 1.165) is 0 Å². The number of carbonyl (C=O) groups excluding carboxylic acids is 2. The number of hydrogen-bond acceptors (Lipinski definition) is 13. The van der Waals surface area contributed by atoms with Crippen molar-refractivity contribution in [3.63, 3.8) is 0 Å². The quantitative estimate of drug-likeness (QED) is 0.0624. The summed E-state index contributed by atoms with van der Waals surface area (Å²) in [5, 5.41) is 16.5. The van der Waals surface area contributed by atoms with Crippen molar-refractivity contribution in [2.45, 2.75) is 87.6 Å². The summed E-state index contributed by atoms with van der Waals surface area (Å²) in [5.74, 6) is -2.03. The molecule has 17 nitrogen and oxygen atoms in total. The Labute approximate surface area is 425 Å². The SMILES string of the molecule is CP(C)(=O)c1c2ccc3c(c[nH]c13)-c1nc(ncc1C(F)(F)F)N[C@H]1CC(CP(C)(=O)c3c4ccc5c(c[nH]c35)-c3nc(ncc3C(F)(F)F)N[C@H]3CC[C@@H](C3)NCC(F)CCNC4=O)[C@@H](C1)NCCCONC2=O. The molecule has 2 aliphatic carbocycles. The van der Waals surface area contributed by atoms with Crippen molar-refractivity contribution in [3.8, 4) is 22.5 Å². The minimum atomic E-state index is -4.90. The van der Waals surface area contributed by atoms with Gasteiger partial charge in [0.15, 0.2) is 0 Å². The minimum Gasteiger partial charge on any atom is -0.360 e. The summed E-state index contributed by atoms with van der Waals surface area (Å²) in [4.78, 5) is 56.3. The van der Waals surface area contributed by atoms with E-state index in [-0.39, 0.29) is 117 Å². The monoisotopic (exact) mass is 1090 g/mol. The van der Waals surface area contributed by atoms with Crippen LogP contribution in [-0.2, 0) is 26.3 Å². The van der Waals surface area contributed by atoms with Crippen molar-refractivity contribution in [3.05, 3.63) is 71.3 Å². The predicted molar refractivity (Wildman–Crippen MR) is 271 cm³/mol. The van der Waals surface area contributed by atoms with Crippen molar-refractivity contribution in [2.75, 3.05) is 63.0 Å². The van der Waals surface area contributed by atoms with E-state index in [1.54, 1.807) is 0 Å². The maximum absolute atomic E-state index is 15.8. The van der Waals surface area contributed by atoms with Crippen LogP contribution in [0.3, 0.4) is 0 Å². The molecule has 2 saturated carbocycles. The number of anilines is 2. The molecule has 0 radical (unpaired) electrons. The zero-order valence-corrected chi connectivity index (χ0v) is 42.7. The zero-order chi connectivity index (χ0) is 53.2. The van der Waals surface area contributed by atoms with Crippen molar-refractivity contribution in [2.24, 2.45) is 5.92 Å². The van der Waals surface area contributed by atoms with Crippen LogP contribution >= 0.6 is 14.3 Å². The van der Waals surface area contributed by atoms with Gasteiger partial charge in [0.25, 0.3) is 11.8 Å². The molecular weight excluding hydrogens is 1030 g/mol. The van der Waals surface area contributed by atoms with Gasteiger partial charge in [-0.05, 0) is 89.5 Å². The predicted octanol–water partition coefficient (Wildman–Crippen LogP) is 7.78. The van der Waals surface area contributed by atoms with Crippen LogP contribution in [-0.4, -0.2) is 124 Å². The highest BCUT2D eigenvalue weighted by Gasteiger charge is 2.43. The fraction of sp³-hybridized carbons (Fsp3) is 0.469. The zero-order valence-electron chi connectivity index (χ0n) is 40.9. The number of nitrogens with zero attached hydrogens (tertiary/aromatic N) is 4. The lowest BCUT2D eigenvalue weighted by Gasteiger charge is -2.26. The lowest BCUT2D eigenvalue weighted by Crippen LogP contribution is -2.37. The Bertz CT molecular complexity index is 3290. The maximum Gasteiger partial charge on any atom is 0.419 e. The van der Waals surface area contributed by atoms with Crippen LogP contribution in [0.1, 0.15) is 76.8 Å². The highest BCUT2D eigenvalue weighted by Crippen LogP contribution is 2.50. The molecule has 0 saturated heterocycles. The van der Waals surface area contributed by atoms with Crippen LogP contribution < -0.4 is 42.7 Å². The van der Waals surface area contributed by atoms with E-state index in [0.29, 0.717) is 51.0 Å². The summed E-state index contributed by atoms with van der Waals surface area (Å²) >= 11 is 0. The van der Waals surface area contributed by atoms with Crippen LogP contribution in [0.4, 0.5) is 42.6 Å². The average Bonchev–Trinajstić information content (AvgIpc) is 4.16. The largest absolute Gasteiger partial charge is 0.419 e. The number of halogens is 7. The first kappa shape index (κ1) is 52.5. The third-order valence-electron chi connectivity index (χ3n) is 14.6. The van der Waals surface area contributed by atoms with E-state index in [1.165, 1.54) is 56.7 Å². The van der Waals surface area contributed by atoms with Gasteiger partial charge in [0.1, 0.15) is 31.6 Å². The molecule has 6 aliphatic rings. The topological polar surface area (TPSA) is 233 Å². The number of fused-ring (bicyclic) bond motifs is 14. The third kappa shape index (κ3) is 10.8. The second-order valence-corrected chi connectivity index (χ2v) is 26.5. The van der Waals surface area contributed by atoms with E-state index in [4.69, 9.17) is 4.84 Å². The van der Waals surface area contributed by atoms with Gasteiger partial charge >= 0.3 is 12.4 Å². The van der Waals surface area contributed by atoms with Crippen LogP contribution in [0.15, 0.2) is 49.1 Å². The van der Waals surface area contributed by atoms with Crippen molar-refractivity contribution in [1.29, 1.82) is 0 Å². The smallest absolute Gasteiger partial charge is 0.360 e. The van der Waals surface area contributed by atoms with Crippen molar-refractivity contribution < 1.29 is 54.3 Å². The minimum absolute atomic E-state index is 0.00237. The van der Waals surface area contributed by atoms with Gasteiger partial charge in [-0.2, -0.15) is 26.3 Å². The summed E-state index contributed by atoms with van der Waals surface area (Å²) in [7, 11) is -7.07. The highest BCUT2D eigenvalue weighted by molar-refractivity contribution is 7.71. The van der Waals surface area contributed by atoms with E-state index in [9.17, 15) is 40.5 Å². The number of nitrogens with one attached hydrogen (secondary N) is 8. The van der Waals surface area contributed by atoms with Crippen molar-refractivity contribution >= 4 is 70.4 Å². The Morgan fingerprint density at radius 1 is 0.680 bits per heavy atom. The average molecular weight is 1090 g/mol. The number of H-pyrrole nitrogens is 2. The first-order valence-electron chi connectivity index (χ1n) is 24.7. The normalized spacial score (nSPS) is 24.1. The van der Waals surface area contributed by atoms with E-state index in [1.807, 2.05) is 0 Å². The van der Waals surface area contributed by atoms with Gasteiger partial charge in [0, 0.05) is 101 Å². The molecule has 6 aromatic rings. The van der Waals surface area contributed by atoms with Gasteiger partial charge in [-0.25, -0.2) is 29.8 Å². The number of carbonyl (C=O) groups is 2. The van der Waals surface area contributed by atoms with Crippen LogP contribution in [0.25, 0.3) is 44.3 Å². The Morgan fingerprint density at radius 3 is 1.88 bits per heavy atom. The number of amides is 2. The number of hydrogen-bond donors (Lipinski definition) is 8. The number of alkyl halides is 7. The molecule has 3 unspecified atom stereocenters. The molecule has 8 N–H and O–H groups in total. The third-order valence-corrected chi connectivity index (χ3v) is 18.7. The summed E-state index contributed by atoms with van der Waals surface area (Å²) < 4.78 is 133. The number of benzene rings is 2. The fourth-order valence-electron chi connectivity index (χ4n) is 11.2. The van der Waals surface area contributed by atoms with Gasteiger partial charge in [-0.3, -0.25) is 14.4 Å². The van der Waals surface area contributed by atoms with Gasteiger partial charge in [-0.1, -0.05) is 12.1 Å². The van der Waals surface area contributed by atoms with Crippen molar-refractivity contribution in [1.82, 2.24) is 51.3 Å². The molecule has 16 bridgehead atoms. The number of aromatic nitrogens is 6. The molecule has 2 fully saturated rings. The molecule has 400 valence electrons. The van der Waals surface area contributed by atoms with Gasteiger partial charge in [-0.15, -0.1) is 0 Å². The number of rotatable bonds is 4. The molecule has 12 rings (SSSR count). The molecule has 2 aromatic carbocycles. The summed E-state index contributed by atoms with van der Waals surface area (Å²) in [6.45, 7) is 4.67. The molecule has 8 heterocycles. The Hall–Kier alpha value is -5.93. The highest BCUT2D eigenvalue weighted by atomic mass is 31.2. The van der Waals surface area contributed by atoms with Crippen LogP contribution in [0.5, 0.6) is 0 Å². The molecule has 4 aromatic heterocycles. The van der Waals surface area contributed by atoms with E-state index in [2.05, 4.69) is 62.0 Å². The molecular formula is C49H55F7N12O5P2. The molecule has 75 heavy (non-hydrogen) atoms. The van der Waals surface area contributed by atoms with E-state index >= 15 is 8.96 Å². The maximum atomic E-state index is 15.8. The summed E-state index contributed by atoms with van der Waals surface area (Å²) in [5.41, 5.74) is -0.426. The molecule has 0 spiro atoms. The number of hydroxylamine groups is 1. The first-order chi connectivity index (χ1) is 35.5. The Morgan fingerprint density at radius 2 is 1.27 bits per heavy atom. The second kappa shape index (κ2) is 20.2. The number of aromatic amines is 2. The summed E-state index contributed by atoms with van der Waals surface area (Å²) in [6.07, 6.45) is -4.31. The Balaban J connectivity index is 1.03. The molecule has 2 amide bonds.